The summed E-state index contributed by atoms with van der Waals surface area (Å²) in [4.78, 5) is 14.7. The Kier molecular flexibility index (Phi) is 4.33. The lowest BCUT2D eigenvalue weighted by atomic mass is 10.2. The number of hydrogen-bond acceptors (Lipinski definition) is 3. The number of H-pyrrole nitrogens is 1. The Morgan fingerprint density at radius 1 is 1.22 bits per heavy atom. The minimum absolute atomic E-state index is 0.0308. The molecule has 0 radical (unpaired) electrons. The number of ether oxygens (including phenoxy) is 1. The third-order valence-corrected chi connectivity index (χ3v) is 3.21. The molecule has 0 fully saturated rings. The predicted octanol–water partition coefficient (Wildman–Crippen LogP) is 2.84. The highest BCUT2D eigenvalue weighted by Crippen LogP contribution is 2.16. The first-order chi connectivity index (χ1) is 11.2. The number of hydrazone groups is 1. The molecular weight excluding hydrogens is 297 g/mol. The molecule has 3 aromatic rings. The molecule has 6 heteroatoms. The van der Waals surface area contributed by atoms with Crippen LogP contribution in [0.5, 0.6) is 5.75 Å². The molecule has 0 aliphatic rings. The fraction of sp³-hybridized carbons (Fsp3) is 0.0588. The Morgan fingerprint density at radius 3 is 2.87 bits per heavy atom. The van der Waals surface area contributed by atoms with E-state index in [-0.39, 0.29) is 12.4 Å². The van der Waals surface area contributed by atoms with Crippen molar-refractivity contribution in [3.05, 3.63) is 66.1 Å². The molecule has 2 aromatic carbocycles. The number of amides is 1. The molecule has 0 saturated carbocycles. The molecule has 116 valence electrons. The number of carbonyl (C=O) groups excluding carboxylic acids is 1. The quantitative estimate of drug-likeness (QED) is 0.562. The maximum absolute atomic E-state index is 13.3. The lowest BCUT2D eigenvalue weighted by molar-refractivity contribution is -0.123. The summed E-state index contributed by atoms with van der Waals surface area (Å²) in [5, 5.41) is 4.89. The maximum Gasteiger partial charge on any atom is 0.277 e. The minimum Gasteiger partial charge on any atom is -0.481 e. The molecule has 0 spiro atoms. The van der Waals surface area contributed by atoms with Crippen LogP contribution in [0, 0.1) is 5.82 Å². The first-order valence-electron chi connectivity index (χ1n) is 6.99. The van der Waals surface area contributed by atoms with Gasteiger partial charge in [-0.15, -0.1) is 0 Å². The third-order valence-electron chi connectivity index (χ3n) is 3.21. The number of nitrogens with one attached hydrogen (secondary N) is 2. The van der Waals surface area contributed by atoms with Crippen molar-refractivity contribution < 1.29 is 13.9 Å². The summed E-state index contributed by atoms with van der Waals surface area (Å²) < 4.78 is 18.4. The molecule has 23 heavy (non-hydrogen) atoms. The lowest BCUT2D eigenvalue weighted by Gasteiger charge is -2.05. The lowest BCUT2D eigenvalue weighted by Crippen LogP contribution is -2.24. The van der Waals surface area contributed by atoms with Crippen LogP contribution in [-0.2, 0) is 4.79 Å². The molecule has 0 aliphatic carbocycles. The highest BCUT2D eigenvalue weighted by molar-refractivity contribution is 5.99. The zero-order valence-corrected chi connectivity index (χ0v) is 12.1. The number of hydrogen-bond donors (Lipinski definition) is 2. The van der Waals surface area contributed by atoms with Gasteiger partial charge in [-0.3, -0.25) is 4.79 Å². The molecule has 3 rings (SSSR count). The summed E-state index contributed by atoms with van der Waals surface area (Å²) >= 11 is 0. The van der Waals surface area contributed by atoms with Gasteiger partial charge in [-0.25, -0.2) is 9.82 Å². The van der Waals surface area contributed by atoms with E-state index in [2.05, 4.69) is 15.5 Å². The van der Waals surface area contributed by atoms with Crippen molar-refractivity contribution in [3.8, 4) is 5.75 Å². The van der Waals surface area contributed by atoms with E-state index < -0.39 is 11.7 Å². The number of aromatic nitrogens is 1. The first-order valence-corrected chi connectivity index (χ1v) is 6.99. The normalized spacial score (nSPS) is 11.0. The van der Waals surface area contributed by atoms with E-state index in [9.17, 15) is 9.18 Å². The third kappa shape index (κ3) is 3.55. The van der Waals surface area contributed by atoms with Gasteiger partial charge in [0.05, 0.1) is 6.21 Å². The van der Waals surface area contributed by atoms with Crippen LogP contribution in [0.3, 0.4) is 0 Å². The van der Waals surface area contributed by atoms with Gasteiger partial charge in [0.1, 0.15) is 0 Å². The SMILES string of the molecule is O=C(COc1ccccc1F)NN=Cc1c[nH]c2ccccc12. The highest BCUT2D eigenvalue weighted by Gasteiger charge is 2.05. The Morgan fingerprint density at radius 2 is 2.00 bits per heavy atom. The van der Waals surface area contributed by atoms with Crippen LogP contribution in [0.4, 0.5) is 4.39 Å². The zero-order chi connectivity index (χ0) is 16.1. The molecular formula is C17H14FN3O2. The van der Waals surface area contributed by atoms with Crippen molar-refractivity contribution in [1.29, 1.82) is 0 Å². The zero-order valence-electron chi connectivity index (χ0n) is 12.1. The highest BCUT2D eigenvalue weighted by atomic mass is 19.1. The maximum atomic E-state index is 13.3. The van der Waals surface area contributed by atoms with Gasteiger partial charge < -0.3 is 9.72 Å². The number of carbonyl (C=O) groups is 1. The van der Waals surface area contributed by atoms with E-state index in [1.165, 1.54) is 12.1 Å². The van der Waals surface area contributed by atoms with Crippen LogP contribution in [-0.4, -0.2) is 23.7 Å². The smallest absolute Gasteiger partial charge is 0.277 e. The average Bonchev–Trinajstić information content (AvgIpc) is 2.98. The summed E-state index contributed by atoms with van der Waals surface area (Å²) in [6.45, 7) is -0.313. The fourth-order valence-electron chi connectivity index (χ4n) is 2.11. The van der Waals surface area contributed by atoms with E-state index in [4.69, 9.17) is 4.74 Å². The van der Waals surface area contributed by atoms with Crippen molar-refractivity contribution in [3.63, 3.8) is 0 Å². The molecule has 0 atom stereocenters. The van der Waals surface area contributed by atoms with E-state index in [1.807, 2.05) is 24.3 Å². The fourth-order valence-corrected chi connectivity index (χ4v) is 2.11. The second kappa shape index (κ2) is 6.74. The van der Waals surface area contributed by atoms with Crippen LogP contribution in [0.15, 0.2) is 59.8 Å². The molecule has 0 aliphatic heterocycles. The summed E-state index contributed by atoms with van der Waals surface area (Å²) in [5.41, 5.74) is 4.19. The largest absolute Gasteiger partial charge is 0.481 e. The van der Waals surface area contributed by atoms with Crippen molar-refractivity contribution in [2.45, 2.75) is 0 Å². The van der Waals surface area contributed by atoms with Gasteiger partial charge in [0, 0.05) is 22.7 Å². The topological polar surface area (TPSA) is 66.5 Å². The van der Waals surface area contributed by atoms with E-state index in [0.717, 1.165) is 16.5 Å². The number of nitrogens with zero attached hydrogens (tertiary/aromatic N) is 1. The molecule has 0 bridgehead atoms. The van der Waals surface area contributed by atoms with Gasteiger partial charge >= 0.3 is 0 Å². The Hall–Kier alpha value is -3.15. The molecule has 1 amide bonds. The van der Waals surface area contributed by atoms with Gasteiger partial charge in [0.15, 0.2) is 18.2 Å². The second-order valence-electron chi connectivity index (χ2n) is 4.80. The van der Waals surface area contributed by atoms with Gasteiger partial charge in [-0.05, 0) is 18.2 Å². The monoisotopic (exact) mass is 311 g/mol. The van der Waals surface area contributed by atoms with E-state index in [0.29, 0.717) is 0 Å². The van der Waals surface area contributed by atoms with Crippen LogP contribution < -0.4 is 10.2 Å². The molecule has 0 saturated heterocycles. The van der Waals surface area contributed by atoms with E-state index in [1.54, 1.807) is 24.5 Å². The van der Waals surface area contributed by atoms with Gasteiger partial charge in [-0.1, -0.05) is 30.3 Å². The van der Waals surface area contributed by atoms with Gasteiger partial charge in [0.25, 0.3) is 5.91 Å². The number of halogens is 1. The Balaban J connectivity index is 1.55. The summed E-state index contributed by atoms with van der Waals surface area (Å²) in [7, 11) is 0. The number of rotatable bonds is 5. The van der Waals surface area contributed by atoms with Crippen LogP contribution in [0.25, 0.3) is 10.9 Å². The van der Waals surface area contributed by atoms with Crippen molar-refractivity contribution >= 4 is 23.0 Å². The average molecular weight is 311 g/mol. The van der Waals surface area contributed by atoms with Gasteiger partial charge in [-0.2, -0.15) is 5.10 Å². The van der Waals surface area contributed by atoms with Crippen LogP contribution in [0.2, 0.25) is 0 Å². The van der Waals surface area contributed by atoms with Crippen LogP contribution >= 0.6 is 0 Å². The van der Waals surface area contributed by atoms with E-state index >= 15 is 0 Å². The number of para-hydroxylation sites is 2. The molecule has 0 unspecified atom stereocenters. The molecule has 1 heterocycles. The standard InChI is InChI=1S/C17H14FN3O2/c18-14-6-2-4-8-16(14)23-11-17(22)21-20-10-12-9-19-15-7-3-1-5-13(12)15/h1-10,19H,11H2,(H,21,22). The summed E-state index contributed by atoms with van der Waals surface area (Å²) in [5.74, 6) is -0.949. The minimum atomic E-state index is -0.511. The first kappa shape index (κ1) is 14.8. The number of fused-ring (bicyclic) bond motifs is 1. The molecule has 2 N–H and O–H groups in total. The summed E-state index contributed by atoms with van der Waals surface area (Å²) in [6, 6.07) is 13.7. The van der Waals surface area contributed by atoms with Gasteiger partial charge in [0.2, 0.25) is 0 Å². The van der Waals surface area contributed by atoms with Crippen molar-refractivity contribution in [2.24, 2.45) is 5.10 Å². The Bertz CT molecular complexity index is 858. The van der Waals surface area contributed by atoms with Crippen LogP contribution in [0.1, 0.15) is 5.56 Å². The number of aromatic amines is 1. The number of benzene rings is 2. The Labute approximate surface area is 131 Å². The summed E-state index contributed by atoms with van der Waals surface area (Å²) in [6.07, 6.45) is 3.34. The molecule has 1 aromatic heterocycles. The van der Waals surface area contributed by atoms with Crippen molar-refractivity contribution in [1.82, 2.24) is 10.4 Å². The predicted molar refractivity (Wildman–Crippen MR) is 85.9 cm³/mol. The second-order valence-corrected chi connectivity index (χ2v) is 4.80. The molecule has 5 nitrogen and oxygen atoms in total. The van der Waals surface area contributed by atoms with Crippen molar-refractivity contribution in [2.75, 3.05) is 6.61 Å².